The number of halogens is 1. The lowest BCUT2D eigenvalue weighted by atomic mass is 10.1. The van der Waals surface area contributed by atoms with E-state index in [2.05, 4.69) is 21.5 Å². The Morgan fingerprint density at radius 3 is 2.79 bits per heavy atom. The Morgan fingerprint density at radius 1 is 1.36 bits per heavy atom. The predicted octanol–water partition coefficient (Wildman–Crippen LogP) is 3.34. The average molecular weight is 474 g/mol. The number of hydrogen-bond acceptors (Lipinski definition) is 7. The van der Waals surface area contributed by atoms with Gasteiger partial charge in [-0.25, -0.2) is 19.3 Å². The van der Waals surface area contributed by atoms with Gasteiger partial charge in [0, 0.05) is 16.7 Å². The van der Waals surface area contributed by atoms with Crippen LogP contribution in [0.3, 0.4) is 0 Å². The Bertz CT molecular complexity index is 1180. The molecule has 0 radical (unpaired) electrons. The fraction of sp³-hybridized carbons (Fsp3) is 0.333. The highest BCUT2D eigenvalue weighted by atomic mass is 31.1. The Hall–Kier alpha value is -3.11. The maximum absolute atomic E-state index is 15.2. The first-order chi connectivity index (χ1) is 16.0. The van der Waals surface area contributed by atoms with Crippen LogP contribution in [0, 0.1) is 0 Å². The number of anilines is 1. The Balaban J connectivity index is 1.73. The van der Waals surface area contributed by atoms with E-state index in [-0.39, 0.29) is 29.4 Å². The van der Waals surface area contributed by atoms with E-state index < -0.39 is 32.9 Å². The largest absolute Gasteiger partial charge is 0.695 e. The molecule has 3 heterocycles. The summed E-state index contributed by atoms with van der Waals surface area (Å²) in [4.78, 5) is 36.5. The molecule has 172 valence electrons. The van der Waals surface area contributed by atoms with E-state index in [0.29, 0.717) is 12.0 Å². The number of imidazole rings is 1. The number of aromatic nitrogens is 4. The van der Waals surface area contributed by atoms with Crippen molar-refractivity contribution in [1.82, 2.24) is 19.5 Å². The van der Waals surface area contributed by atoms with Crippen LogP contribution in [0.15, 0.2) is 55.6 Å². The molecule has 1 fully saturated rings. The van der Waals surface area contributed by atoms with Crippen molar-refractivity contribution in [3.63, 3.8) is 0 Å². The first kappa shape index (κ1) is 23.1. The molecule has 1 amide bonds. The molecule has 0 saturated carbocycles. The molecule has 5 atom stereocenters. The van der Waals surface area contributed by atoms with Crippen molar-refractivity contribution in [2.75, 3.05) is 11.4 Å². The zero-order chi connectivity index (χ0) is 23.5. The summed E-state index contributed by atoms with van der Waals surface area (Å²) in [6, 6.07) is 8.69. The fourth-order valence-electron chi connectivity index (χ4n) is 3.83. The highest BCUT2D eigenvalue weighted by Crippen LogP contribution is 2.40. The number of hydrogen-bond donors (Lipinski definition) is 1. The maximum atomic E-state index is 15.2. The SMILES string of the molecule is C=CCN(C(=O)c1ccccc1)c1ncnc2c1ncn2[C@@H]1O[C@H](CC)[C@@H](O[P+](=O)O)[C@H]1F. The predicted molar refractivity (Wildman–Crippen MR) is 117 cm³/mol. The van der Waals surface area contributed by atoms with Gasteiger partial charge in [0.25, 0.3) is 5.91 Å². The molecular formula is C21H22FN5O5P+. The zero-order valence-corrected chi connectivity index (χ0v) is 18.6. The summed E-state index contributed by atoms with van der Waals surface area (Å²) in [6.07, 6.45) is -0.345. The topological polar surface area (TPSA) is 120 Å². The number of fused-ring (bicyclic) bond motifs is 1. The van der Waals surface area contributed by atoms with E-state index in [0.717, 1.165) is 0 Å². The van der Waals surface area contributed by atoms with Crippen LogP contribution < -0.4 is 4.90 Å². The molecule has 1 aromatic carbocycles. The molecule has 33 heavy (non-hydrogen) atoms. The number of carbonyl (C=O) groups is 1. The maximum Gasteiger partial charge on any atom is 0.695 e. The molecule has 1 unspecified atom stereocenters. The quantitative estimate of drug-likeness (QED) is 0.390. The van der Waals surface area contributed by atoms with E-state index in [4.69, 9.17) is 14.2 Å². The Kier molecular flexibility index (Phi) is 6.85. The van der Waals surface area contributed by atoms with E-state index >= 15 is 4.39 Å². The van der Waals surface area contributed by atoms with Crippen LogP contribution in [0.5, 0.6) is 0 Å². The Morgan fingerprint density at radius 2 is 2.12 bits per heavy atom. The lowest BCUT2D eigenvalue weighted by Crippen LogP contribution is -2.32. The fourth-order valence-corrected chi connectivity index (χ4v) is 4.29. The second-order valence-corrected chi connectivity index (χ2v) is 8.00. The lowest BCUT2D eigenvalue weighted by Gasteiger charge is -2.20. The van der Waals surface area contributed by atoms with Gasteiger partial charge >= 0.3 is 8.25 Å². The number of rotatable bonds is 8. The van der Waals surface area contributed by atoms with Gasteiger partial charge in [0.15, 0.2) is 35.5 Å². The number of nitrogens with zero attached hydrogens (tertiary/aromatic N) is 5. The lowest BCUT2D eigenvalue weighted by molar-refractivity contribution is -0.0222. The van der Waals surface area contributed by atoms with E-state index in [1.165, 1.54) is 22.1 Å². The minimum Gasteiger partial charge on any atom is -0.348 e. The van der Waals surface area contributed by atoms with Crippen molar-refractivity contribution < 1.29 is 27.9 Å². The number of carbonyl (C=O) groups excluding carboxylic acids is 1. The number of amides is 1. The molecule has 2 aromatic heterocycles. The van der Waals surface area contributed by atoms with Crippen molar-refractivity contribution in [1.29, 1.82) is 0 Å². The summed E-state index contributed by atoms with van der Waals surface area (Å²) >= 11 is 0. The molecule has 1 saturated heterocycles. The summed E-state index contributed by atoms with van der Waals surface area (Å²) in [5.41, 5.74) is 0.967. The van der Waals surface area contributed by atoms with Gasteiger partial charge in [-0.2, -0.15) is 0 Å². The van der Waals surface area contributed by atoms with Gasteiger partial charge < -0.3 is 4.74 Å². The summed E-state index contributed by atoms with van der Waals surface area (Å²) in [5.74, 6) is -0.0732. The first-order valence-corrected chi connectivity index (χ1v) is 11.4. The van der Waals surface area contributed by atoms with E-state index in [9.17, 15) is 9.36 Å². The van der Waals surface area contributed by atoms with Crippen LogP contribution in [0.4, 0.5) is 10.2 Å². The molecule has 0 spiro atoms. The normalized spacial score (nSPS) is 22.9. The van der Waals surface area contributed by atoms with Crippen molar-refractivity contribution >= 4 is 31.1 Å². The summed E-state index contributed by atoms with van der Waals surface area (Å²) in [7, 11) is -3.00. The van der Waals surface area contributed by atoms with Crippen LogP contribution in [-0.4, -0.2) is 55.2 Å². The molecule has 1 aliphatic rings. The van der Waals surface area contributed by atoms with Gasteiger partial charge in [0.2, 0.25) is 0 Å². The van der Waals surface area contributed by atoms with Crippen molar-refractivity contribution in [3.8, 4) is 0 Å². The molecule has 0 bridgehead atoms. The van der Waals surface area contributed by atoms with E-state index in [1.54, 1.807) is 37.3 Å². The van der Waals surface area contributed by atoms with Gasteiger partial charge in [0.05, 0.1) is 12.4 Å². The van der Waals surface area contributed by atoms with Gasteiger partial charge in [-0.05, 0) is 18.6 Å². The third-order valence-corrected chi connectivity index (χ3v) is 5.75. The molecule has 1 N–H and O–H groups in total. The third-order valence-electron chi connectivity index (χ3n) is 5.33. The van der Waals surface area contributed by atoms with Crippen molar-refractivity contribution in [3.05, 3.63) is 61.2 Å². The minimum absolute atomic E-state index is 0.162. The molecular weight excluding hydrogens is 452 g/mol. The molecule has 1 aliphatic heterocycles. The van der Waals surface area contributed by atoms with Crippen molar-refractivity contribution in [2.45, 2.75) is 38.0 Å². The van der Waals surface area contributed by atoms with Crippen LogP contribution in [0.25, 0.3) is 11.2 Å². The smallest absolute Gasteiger partial charge is 0.348 e. The number of alkyl halides is 1. The van der Waals surface area contributed by atoms with Gasteiger partial charge in [-0.1, -0.05) is 31.2 Å². The number of benzene rings is 1. The average Bonchev–Trinajstić information content (AvgIpc) is 3.38. The van der Waals surface area contributed by atoms with Gasteiger partial charge in [0.1, 0.15) is 6.33 Å². The third kappa shape index (κ3) is 4.40. The van der Waals surface area contributed by atoms with Gasteiger partial charge in [-0.15, -0.1) is 16.0 Å². The monoisotopic (exact) mass is 474 g/mol. The molecule has 10 nitrogen and oxygen atoms in total. The standard InChI is InChI=1S/C21H21FN5O5P/c1-3-10-26(20(28)13-8-6-5-7-9-13)18-16-19(24-11-23-18)27(12-25-16)21-15(22)17(32-33(29)30)14(4-2)31-21/h3,5-9,11-12,14-15,17,21H,1,4,10H2,2H3/p+1/t14-,15-,17-,21-/m1/s1. The van der Waals surface area contributed by atoms with Crippen molar-refractivity contribution in [2.24, 2.45) is 0 Å². The second-order valence-electron chi connectivity index (χ2n) is 7.32. The Labute approximate surface area is 189 Å². The summed E-state index contributed by atoms with van der Waals surface area (Å²) in [6.45, 7) is 5.64. The highest BCUT2D eigenvalue weighted by molar-refractivity contribution is 7.32. The van der Waals surface area contributed by atoms with Crippen LogP contribution in [-0.2, 0) is 13.8 Å². The molecule has 4 rings (SSSR count). The highest BCUT2D eigenvalue weighted by Gasteiger charge is 2.51. The molecule has 0 aliphatic carbocycles. The number of ether oxygens (including phenoxy) is 1. The van der Waals surface area contributed by atoms with Crippen LogP contribution in [0.1, 0.15) is 29.9 Å². The molecule has 12 heteroatoms. The second kappa shape index (κ2) is 9.80. The zero-order valence-electron chi connectivity index (χ0n) is 17.7. The van der Waals surface area contributed by atoms with Crippen LogP contribution >= 0.6 is 8.25 Å². The first-order valence-electron chi connectivity index (χ1n) is 10.2. The van der Waals surface area contributed by atoms with Crippen LogP contribution in [0.2, 0.25) is 0 Å². The van der Waals surface area contributed by atoms with Gasteiger partial charge in [-0.3, -0.25) is 14.3 Å². The molecule has 3 aromatic rings. The summed E-state index contributed by atoms with van der Waals surface area (Å²) < 4.78 is 38.4. The summed E-state index contributed by atoms with van der Waals surface area (Å²) in [5, 5.41) is 0. The minimum atomic E-state index is -3.00. The van der Waals surface area contributed by atoms with E-state index in [1.807, 2.05) is 6.07 Å².